The monoisotopic (exact) mass is 271 g/mol. The average Bonchev–Trinajstić information content (AvgIpc) is 2.27. The Kier molecular flexibility index (Phi) is 4.70. The first-order valence-electron chi connectivity index (χ1n) is 5.98. The zero-order valence-electron chi connectivity index (χ0n) is 11.3. The first-order valence-corrected chi connectivity index (χ1v) is 7.47. The van der Waals surface area contributed by atoms with Gasteiger partial charge in [-0.15, -0.1) is 0 Å². The van der Waals surface area contributed by atoms with E-state index < -0.39 is 15.6 Å². The first-order chi connectivity index (χ1) is 8.30. The van der Waals surface area contributed by atoms with Crippen LogP contribution in [0.3, 0.4) is 0 Å². The van der Waals surface area contributed by atoms with Crippen LogP contribution in [0.25, 0.3) is 0 Å². The average molecular weight is 271 g/mol. The topological polar surface area (TPSA) is 71.1 Å². The summed E-state index contributed by atoms with van der Waals surface area (Å²) in [5.41, 5.74) is -0.448. The molecule has 0 saturated heterocycles. The minimum atomic E-state index is -3.50. The highest BCUT2D eigenvalue weighted by atomic mass is 32.2. The quantitative estimate of drug-likeness (QED) is 0.830. The minimum Gasteiger partial charge on any atom is -0.373 e. The van der Waals surface area contributed by atoms with Crippen molar-refractivity contribution in [3.05, 3.63) is 18.3 Å². The number of rotatable bonds is 6. The Hall–Kier alpha value is -1.14. The fourth-order valence-corrected chi connectivity index (χ4v) is 3.27. The summed E-state index contributed by atoms with van der Waals surface area (Å²) in [5, 5.41) is 2.82. The van der Waals surface area contributed by atoms with Crippen molar-refractivity contribution in [2.75, 3.05) is 12.4 Å². The highest BCUT2D eigenvalue weighted by Gasteiger charge is 2.25. The second-order valence-electron chi connectivity index (χ2n) is 4.87. The molecule has 1 heterocycles. The van der Waals surface area contributed by atoms with E-state index in [9.17, 15) is 8.42 Å². The summed E-state index contributed by atoms with van der Waals surface area (Å²) in [5.74, 6) is 0.533. The van der Waals surface area contributed by atoms with Crippen molar-refractivity contribution < 1.29 is 8.42 Å². The molecule has 0 radical (unpaired) electrons. The van der Waals surface area contributed by atoms with Gasteiger partial charge in [0, 0.05) is 24.8 Å². The number of aromatic nitrogens is 1. The fourth-order valence-electron chi connectivity index (χ4n) is 1.81. The lowest BCUT2D eigenvalue weighted by molar-refractivity contribution is 0.417. The Balaban J connectivity index is 2.99. The number of sulfonamides is 1. The molecule has 2 N–H and O–H groups in total. The van der Waals surface area contributed by atoms with E-state index in [1.54, 1.807) is 7.05 Å². The van der Waals surface area contributed by atoms with E-state index in [1.165, 1.54) is 18.3 Å². The van der Waals surface area contributed by atoms with Crippen molar-refractivity contribution in [1.82, 2.24) is 9.71 Å². The molecule has 0 fully saturated rings. The van der Waals surface area contributed by atoms with Gasteiger partial charge in [-0.3, -0.25) is 0 Å². The Morgan fingerprint density at radius 1 is 1.39 bits per heavy atom. The molecule has 0 aliphatic heterocycles. The molecule has 18 heavy (non-hydrogen) atoms. The van der Waals surface area contributed by atoms with Gasteiger partial charge >= 0.3 is 0 Å². The predicted molar refractivity (Wildman–Crippen MR) is 73.1 cm³/mol. The molecule has 0 aliphatic carbocycles. The molecule has 0 atom stereocenters. The third kappa shape index (κ3) is 3.96. The van der Waals surface area contributed by atoms with Crippen molar-refractivity contribution in [3.63, 3.8) is 0 Å². The van der Waals surface area contributed by atoms with Crippen molar-refractivity contribution in [2.24, 2.45) is 0 Å². The molecule has 5 nitrogen and oxygen atoms in total. The van der Waals surface area contributed by atoms with E-state index in [0.29, 0.717) is 5.82 Å². The Bertz CT molecular complexity index is 498. The molecule has 6 heteroatoms. The van der Waals surface area contributed by atoms with Gasteiger partial charge in [-0.25, -0.2) is 18.1 Å². The van der Waals surface area contributed by atoms with E-state index in [1.807, 2.05) is 20.8 Å². The molecule has 1 rings (SSSR count). The number of hydrogen-bond acceptors (Lipinski definition) is 4. The Labute approximate surface area is 109 Å². The van der Waals surface area contributed by atoms with Crippen molar-refractivity contribution in [3.8, 4) is 0 Å². The van der Waals surface area contributed by atoms with Crippen molar-refractivity contribution in [2.45, 2.75) is 44.0 Å². The van der Waals surface area contributed by atoms with E-state index in [-0.39, 0.29) is 4.90 Å². The highest BCUT2D eigenvalue weighted by molar-refractivity contribution is 7.89. The summed E-state index contributed by atoms with van der Waals surface area (Å²) in [7, 11) is -1.80. The van der Waals surface area contributed by atoms with Gasteiger partial charge in [0.05, 0.1) is 4.90 Å². The molecule has 1 aromatic heterocycles. The largest absolute Gasteiger partial charge is 0.373 e. The molecule has 0 aliphatic rings. The smallest absolute Gasteiger partial charge is 0.241 e. The van der Waals surface area contributed by atoms with E-state index in [0.717, 1.165) is 12.8 Å². The van der Waals surface area contributed by atoms with Crippen LogP contribution in [0, 0.1) is 0 Å². The van der Waals surface area contributed by atoms with Crippen molar-refractivity contribution in [1.29, 1.82) is 0 Å². The summed E-state index contributed by atoms with van der Waals surface area (Å²) in [6.45, 7) is 5.80. The maximum atomic E-state index is 12.2. The maximum absolute atomic E-state index is 12.2. The lowest BCUT2D eigenvalue weighted by Crippen LogP contribution is -2.43. The third-order valence-electron chi connectivity index (χ3n) is 2.58. The molecule has 0 bridgehead atoms. The Morgan fingerprint density at radius 2 is 2.06 bits per heavy atom. The predicted octanol–water partition coefficient (Wildman–Crippen LogP) is 1.98. The summed E-state index contributed by atoms with van der Waals surface area (Å²) in [6, 6.07) is 3.01. The van der Waals surface area contributed by atoms with E-state index in [2.05, 4.69) is 15.0 Å². The summed E-state index contributed by atoms with van der Waals surface area (Å²) in [4.78, 5) is 4.23. The van der Waals surface area contributed by atoms with Gasteiger partial charge in [0.2, 0.25) is 10.0 Å². The molecule has 0 amide bonds. The highest BCUT2D eigenvalue weighted by Crippen LogP contribution is 2.18. The molecule has 0 aromatic carbocycles. The lowest BCUT2D eigenvalue weighted by atomic mass is 10.0. The van der Waals surface area contributed by atoms with Crippen LogP contribution in [0.1, 0.15) is 33.6 Å². The number of nitrogens with one attached hydrogen (secondary N) is 2. The van der Waals surface area contributed by atoms with Crippen LogP contribution in [-0.4, -0.2) is 26.0 Å². The normalized spacial score (nSPS) is 12.4. The fraction of sp³-hybridized carbons (Fsp3) is 0.583. The van der Waals surface area contributed by atoms with Crippen LogP contribution in [0.2, 0.25) is 0 Å². The van der Waals surface area contributed by atoms with Gasteiger partial charge in [-0.05, 0) is 26.3 Å². The first kappa shape index (κ1) is 14.9. The maximum Gasteiger partial charge on any atom is 0.241 e. The molecule has 0 spiro atoms. The summed E-state index contributed by atoms with van der Waals surface area (Å²) in [6.07, 6.45) is 3.19. The SMILES string of the molecule is CCCC(C)(C)NS(=O)(=O)c1ccnc(NC)c1. The molecule has 0 saturated carbocycles. The summed E-state index contributed by atoms with van der Waals surface area (Å²) >= 11 is 0. The minimum absolute atomic E-state index is 0.228. The number of anilines is 1. The second kappa shape index (κ2) is 5.67. The number of pyridine rings is 1. The van der Waals surface area contributed by atoms with Crippen LogP contribution in [0.4, 0.5) is 5.82 Å². The van der Waals surface area contributed by atoms with Gasteiger partial charge in [-0.1, -0.05) is 13.3 Å². The molecule has 102 valence electrons. The third-order valence-corrected chi connectivity index (χ3v) is 4.28. The van der Waals surface area contributed by atoms with E-state index >= 15 is 0 Å². The van der Waals surface area contributed by atoms with Gasteiger partial charge in [0.1, 0.15) is 5.82 Å². The zero-order valence-corrected chi connectivity index (χ0v) is 12.1. The molecular weight excluding hydrogens is 250 g/mol. The molecular formula is C12H21N3O2S. The van der Waals surface area contributed by atoms with Crippen LogP contribution in [-0.2, 0) is 10.0 Å². The number of nitrogens with zero attached hydrogens (tertiary/aromatic N) is 1. The van der Waals surface area contributed by atoms with Gasteiger partial charge < -0.3 is 5.32 Å². The Morgan fingerprint density at radius 3 is 2.61 bits per heavy atom. The van der Waals surface area contributed by atoms with Gasteiger partial charge in [0.25, 0.3) is 0 Å². The van der Waals surface area contributed by atoms with Crippen LogP contribution in [0.5, 0.6) is 0 Å². The van der Waals surface area contributed by atoms with Gasteiger partial charge in [0.15, 0.2) is 0 Å². The van der Waals surface area contributed by atoms with Crippen molar-refractivity contribution >= 4 is 15.8 Å². The zero-order chi connectivity index (χ0) is 13.8. The lowest BCUT2D eigenvalue weighted by Gasteiger charge is -2.25. The number of hydrogen-bond donors (Lipinski definition) is 2. The van der Waals surface area contributed by atoms with Crippen LogP contribution >= 0.6 is 0 Å². The molecule has 0 unspecified atom stereocenters. The van der Waals surface area contributed by atoms with Crippen LogP contribution in [0.15, 0.2) is 23.2 Å². The van der Waals surface area contributed by atoms with Crippen LogP contribution < -0.4 is 10.0 Å². The van der Waals surface area contributed by atoms with E-state index in [4.69, 9.17) is 0 Å². The molecule has 1 aromatic rings. The second-order valence-corrected chi connectivity index (χ2v) is 6.55. The standard InChI is InChI=1S/C12H21N3O2S/c1-5-7-12(2,3)15-18(16,17)10-6-8-14-11(9-10)13-4/h6,8-9,15H,5,7H2,1-4H3,(H,13,14). The van der Waals surface area contributed by atoms with Gasteiger partial charge in [-0.2, -0.15) is 0 Å². The summed E-state index contributed by atoms with van der Waals surface area (Å²) < 4.78 is 27.2.